The molecule has 0 fully saturated rings. The van der Waals surface area contributed by atoms with Crippen molar-refractivity contribution in [2.24, 2.45) is 0 Å². The number of rotatable bonds is 7. The lowest BCUT2D eigenvalue weighted by atomic mass is 10.1. The summed E-state index contributed by atoms with van der Waals surface area (Å²) in [5, 5.41) is 3.56. The van der Waals surface area contributed by atoms with E-state index in [4.69, 9.17) is 4.74 Å². The Bertz CT molecular complexity index is 299. The highest BCUT2D eigenvalue weighted by Crippen LogP contribution is 2.19. The lowest BCUT2D eigenvalue weighted by Crippen LogP contribution is -2.18. The highest BCUT2D eigenvalue weighted by Gasteiger charge is 2.05. The summed E-state index contributed by atoms with van der Waals surface area (Å²) in [6.07, 6.45) is 4.95. The fourth-order valence-corrected chi connectivity index (χ4v) is 1.78. The molecule has 0 amide bonds. The van der Waals surface area contributed by atoms with E-state index in [1.165, 1.54) is 19.3 Å². The highest BCUT2D eigenvalue weighted by atomic mass is 16.5. The second-order valence-electron chi connectivity index (χ2n) is 4.12. The minimum atomic E-state index is 0.576. The van der Waals surface area contributed by atoms with Gasteiger partial charge in [0.15, 0.2) is 0 Å². The second kappa shape index (κ2) is 7.15. The van der Waals surface area contributed by atoms with Crippen LogP contribution in [0.3, 0.4) is 0 Å². The van der Waals surface area contributed by atoms with E-state index < -0.39 is 0 Å². The summed E-state index contributed by atoms with van der Waals surface area (Å²) in [5.74, 6) is 0.912. The van der Waals surface area contributed by atoms with Gasteiger partial charge in [-0.3, -0.25) is 0 Å². The van der Waals surface area contributed by atoms with E-state index in [9.17, 15) is 0 Å². The van der Waals surface area contributed by atoms with E-state index in [2.05, 4.69) is 31.3 Å². The van der Waals surface area contributed by atoms with Gasteiger partial charge >= 0.3 is 0 Å². The number of anilines is 1. The third kappa shape index (κ3) is 4.13. The molecule has 1 unspecified atom stereocenters. The van der Waals surface area contributed by atoms with Crippen LogP contribution in [0.25, 0.3) is 0 Å². The standard InChI is InChI=1S/C14H23NO/c1-4-6-8-12(5-2)15-13-9-7-10-14(11-13)16-3/h7,9-12,15H,4-6,8H2,1-3H3. The molecule has 0 saturated carbocycles. The fraction of sp³-hybridized carbons (Fsp3) is 0.571. The SMILES string of the molecule is CCCCC(CC)Nc1cccc(OC)c1. The van der Waals surface area contributed by atoms with E-state index >= 15 is 0 Å². The maximum atomic E-state index is 5.21. The van der Waals surface area contributed by atoms with Crippen molar-refractivity contribution in [2.45, 2.75) is 45.6 Å². The third-order valence-electron chi connectivity index (χ3n) is 2.84. The molecule has 0 saturated heterocycles. The zero-order valence-corrected chi connectivity index (χ0v) is 10.6. The predicted molar refractivity (Wildman–Crippen MR) is 70.2 cm³/mol. The van der Waals surface area contributed by atoms with E-state index in [0.29, 0.717) is 6.04 Å². The highest BCUT2D eigenvalue weighted by molar-refractivity contribution is 5.48. The van der Waals surface area contributed by atoms with Crippen molar-refractivity contribution < 1.29 is 4.74 Å². The first kappa shape index (κ1) is 12.9. The van der Waals surface area contributed by atoms with Crippen molar-refractivity contribution in [3.05, 3.63) is 24.3 Å². The minimum absolute atomic E-state index is 0.576. The van der Waals surface area contributed by atoms with Crippen molar-refractivity contribution in [3.8, 4) is 5.75 Å². The molecule has 0 heterocycles. The van der Waals surface area contributed by atoms with Gasteiger partial charge in [-0.25, -0.2) is 0 Å². The summed E-state index contributed by atoms with van der Waals surface area (Å²) in [6.45, 7) is 4.46. The van der Waals surface area contributed by atoms with Gasteiger partial charge in [0, 0.05) is 17.8 Å². The molecule has 90 valence electrons. The summed E-state index contributed by atoms with van der Waals surface area (Å²) < 4.78 is 5.21. The van der Waals surface area contributed by atoms with Crippen LogP contribution in [0.2, 0.25) is 0 Å². The Hall–Kier alpha value is -1.18. The molecule has 0 aliphatic heterocycles. The normalized spacial score (nSPS) is 12.2. The van der Waals surface area contributed by atoms with Crippen LogP contribution >= 0.6 is 0 Å². The molecule has 1 aromatic carbocycles. The largest absolute Gasteiger partial charge is 0.497 e. The maximum absolute atomic E-state index is 5.21. The summed E-state index contributed by atoms with van der Waals surface area (Å²) in [5.41, 5.74) is 1.15. The monoisotopic (exact) mass is 221 g/mol. The second-order valence-corrected chi connectivity index (χ2v) is 4.12. The van der Waals surface area contributed by atoms with Crippen molar-refractivity contribution in [1.82, 2.24) is 0 Å². The fourth-order valence-electron chi connectivity index (χ4n) is 1.78. The molecule has 0 spiro atoms. The Labute approximate surface area is 99.0 Å². The minimum Gasteiger partial charge on any atom is -0.497 e. The van der Waals surface area contributed by atoms with Crippen molar-refractivity contribution in [3.63, 3.8) is 0 Å². The summed E-state index contributed by atoms with van der Waals surface area (Å²) in [7, 11) is 1.70. The smallest absolute Gasteiger partial charge is 0.120 e. The molecule has 16 heavy (non-hydrogen) atoms. The molecule has 1 atom stereocenters. The average Bonchev–Trinajstić information content (AvgIpc) is 2.34. The number of benzene rings is 1. The molecule has 0 aromatic heterocycles. The summed E-state index contributed by atoms with van der Waals surface area (Å²) in [4.78, 5) is 0. The third-order valence-corrected chi connectivity index (χ3v) is 2.84. The van der Waals surface area contributed by atoms with Gasteiger partial charge in [-0.1, -0.05) is 32.8 Å². The quantitative estimate of drug-likeness (QED) is 0.749. The number of ether oxygens (including phenoxy) is 1. The summed E-state index contributed by atoms with van der Waals surface area (Å²) in [6, 6.07) is 8.71. The molecular weight excluding hydrogens is 198 g/mol. The van der Waals surface area contributed by atoms with Crippen LogP contribution in [0.1, 0.15) is 39.5 Å². The molecule has 2 heteroatoms. The van der Waals surface area contributed by atoms with E-state index in [0.717, 1.165) is 17.9 Å². The molecule has 0 radical (unpaired) electrons. The van der Waals surface area contributed by atoms with Crippen LogP contribution in [0.5, 0.6) is 5.75 Å². The molecule has 1 N–H and O–H groups in total. The van der Waals surface area contributed by atoms with Crippen LogP contribution in [-0.4, -0.2) is 13.2 Å². The molecule has 0 aliphatic rings. The number of nitrogens with one attached hydrogen (secondary N) is 1. The Morgan fingerprint density at radius 1 is 1.31 bits per heavy atom. The van der Waals surface area contributed by atoms with Crippen molar-refractivity contribution >= 4 is 5.69 Å². The van der Waals surface area contributed by atoms with Crippen LogP contribution < -0.4 is 10.1 Å². The van der Waals surface area contributed by atoms with E-state index in [-0.39, 0.29) is 0 Å². The average molecular weight is 221 g/mol. The Kier molecular flexibility index (Phi) is 5.76. The predicted octanol–water partition coefficient (Wildman–Crippen LogP) is 4.08. The van der Waals surface area contributed by atoms with Crippen LogP contribution in [-0.2, 0) is 0 Å². The zero-order chi connectivity index (χ0) is 11.8. The van der Waals surface area contributed by atoms with Gasteiger partial charge in [0.1, 0.15) is 5.75 Å². The first-order valence-electron chi connectivity index (χ1n) is 6.20. The number of methoxy groups -OCH3 is 1. The Morgan fingerprint density at radius 3 is 2.75 bits per heavy atom. The molecule has 1 aromatic rings. The number of unbranched alkanes of at least 4 members (excludes halogenated alkanes) is 1. The first-order chi connectivity index (χ1) is 7.80. The van der Waals surface area contributed by atoms with Gasteiger partial charge < -0.3 is 10.1 Å². The Morgan fingerprint density at radius 2 is 2.12 bits per heavy atom. The topological polar surface area (TPSA) is 21.3 Å². The Balaban J connectivity index is 2.55. The van der Waals surface area contributed by atoms with Gasteiger partial charge in [-0.05, 0) is 25.0 Å². The van der Waals surface area contributed by atoms with E-state index in [1.54, 1.807) is 7.11 Å². The van der Waals surface area contributed by atoms with Gasteiger partial charge in [-0.15, -0.1) is 0 Å². The van der Waals surface area contributed by atoms with Crippen LogP contribution in [0.4, 0.5) is 5.69 Å². The molecule has 0 aliphatic carbocycles. The maximum Gasteiger partial charge on any atom is 0.120 e. The lowest BCUT2D eigenvalue weighted by molar-refractivity contribution is 0.415. The number of hydrogen-bond donors (Lipinski definition) is 1. The number of hydrogen-bond acceptors (Lipinski definition) is 2. The zero-order valence-electron chi connectivity index (χ0n) is 10.6. The molecular formula is C14H23NO. The van der Waals surface area contributed by atoms with Crippen molar-refractivity contribution in [1.29, 1.82) is 0 Å². The molecule has 1 rings (SSSR count). The summed E-state index contributed by atoms with van der Waals surface area (Å²) >= 11 is 0. The van der Waals surface area contributed by atoms with Gasteiger partial charge in [0.05, 0.1) is 7.11 Å². The molecule has 0 bridgehead atoms. The van der Waals surface area contributed by atoms with Gasteiger partial charge in [0.2, 0.25) is 0 Å². The van der Waals surface area contributed by atoms with Gasteiger partial charge in [-0.2, -0.15) is 0 Å². The molecule has 2 nitrogen and oxygen atoms in total. The van der Waals surface area contributed by atoms with Gasteiger partial charge in [0.25, 0.3) is 0 Å². The van der Waals surface area contributed by atoms with Crippen LogP contribution in [0.15, 0.2) is 24.3 Å². The van der Waals surface area contributed by atoms with Crippen molar-refractivity contribution in [2.75, 3.05) is 12.4 Å². The van der Waals surface area contributed by atoms with Crippen LogP contribution in [0, 0.1) is 0 Å². The lowest BCUT2D eigenvalue weighted by Gasteiger charge is -2.18. The first-order valence-corrected chi connectivity index (χ1v) is 6.20. The van der Waals surface area contributed by atoms with E-state index in [1.807, 2.05) is 12.1 Å².